The molecular weight excluding hydrogens is 283 g/mol. The van der Waals surface area contributed by atoms with E-state index in [0.717, 1.165) is 6.07 Å². The Kier molecular flexibility index (Phi) is 3.96. The van der Waals surface area contributed by atoms with Crippen molar-refractivity contribution in [3.05, 3.63) is 47.5 Å². The second kappa shape index (κ2) is 5.51. The molecule has 8 heteroatoms. The van der Waals surface area contributed by atoms with Gasteiger partial charge in [-0.3, -0.25) is 0 Å². The summed E-state index contributed by atoms with van der Waals surface area (Å²) < 4.78 is 40.2. The van der Waals surface area contributed by atoms with Gasteiger partial charge in [-0.2, -0.15) is 10.2 Å². The molecule has 20 heavy (non-hydrogen) atoms. The Hall–Kier alpha value is -2.06. The third-order valence-electron chi connectivity index (χ3n) is 2.68. The topological polar surface area (TPSA) is 98.0 Å². The fourth-order valence-corrected chi connectivity index (χ4v) is 2.91. The van der Waals surface area contributed by atoms with Gasteiger partial charge in [-0.15, -0.1) is 0 Å². The molecule has 0 fully saturated rings. The number of nitrogens with one attached hydrogen (secondary N) is 1. The smallest absolute Gasteiger partial charge is 0.241 e. The van der Waals surface area contributed by atoms with Crippen molar-refractivity contribution in [2.24, 2.45) is 0 Å². The minimum atomic E-state index is -3.87. The zero-order valence-electron chi connectivity index (χ0n) is 10.7. The molecule has 1 heterocycles. The summed E-state index contributed by atoms with van der Waals surface area (Å²) in [5.74, 6) is -0.662. The van der Waals surface area contributed by atoms with Gasteiger partial charge in [0, 0.05) is 17.4 Å². The molecule has 106 valence electrons. The summed E-state index contributed by atoms with van der Waals surface area (Å²) >= 11 is 0. The lowest BCUT2D eigenvalue weighted by atomic mass is 10.2. The molecule has 0 aliphatic heterocycles. The van der Waals surface area contributed by atoms with Crippen LogP contribution in [0, 0.1) is 12.7 Å². The quantitative estimate of drug-likeness (QED) is 0.820. The van der Waals surface area contributed by atoms with E-state index in [1.807, 2.05) is 0 Å². The summed E-state index contributed by atoms with van der Waals surface area (Å²) in [5.41, 5.74) is 6.00. The molecule has 0 bridgehead atoms. The molecule has 1 aromatic heterocycles. The highest BCUT2D eigenvalue weighted by atomic mass is 32.2. The number of anilines is 1. The van der Waals surface area contributed by atoms with E-state index in [1.54, 1.807) is 12.1 Å². The molecule has 0 aliphatic rings. The van der Waals surface area contributed by atoms with E-state index >= 15 is 0 Å². The molecule has 0 atom stereocenters. The predicted molar refractivity (Wildman–Crippen MR) is 71.6 cm³/mol. The summed E-state index contributed by atoms with van der Waals surface area (Å²) in [7, 11) is -3.87. The summed E-state index contributed by atoms with van der Waals surface area (Å²) in [4.78, 5) is -0.182. The van der Waals surface area contributed by atoms with Gasteiger partial charge < -0.3 is 5.73 Å². The number of nitrogens with zero attached hydrogens (tertiary/aromatic N) is 2. The molecule has 2 aromatic rings. The third kappa shape index (κ3) is 3.09. The number of hydrogen-bond donors (Lipinski definition) is 2. The second-order valence-electron chi connectivity index (χ2n) is 4.17. The summed E-state index contributed by atoms with van der Waals surface area (Å²) in [5, 5.41) is 7.40. The molecule has 0 saturated heterocycles. The van der Waals surface area contributed by atoms with Crippen LogP contribution in [0.15, 0.2) is 35.4 Å². The SMILES string of the molecule is Cc1c(F)cc(N)cc1S(=O)(=O)NCc1cccnn1. The molecule has 0 saturated carbocycles. The van der Waals surface area contributed by atoms with Crippen LogP contribution in [0.5, 0.6) is 0 Å². The van der Waals surface area contributed by atoms with Crippen molar-refractivity contribution >= 4 is 15.7 Å². The molecule has 0 amide bonds. The van der Waals surface area contributed by atoms with Crippen molar-refractivity contribution < 1.29 is 12.8 Å². The number of nitrogens with two attached hydrogens (primary N) is 1. The largest absolute Gasteiger partial charge is 0.399 e. The first kappa shape index (κ1) is 14.4. The van der Waals surface area contributed by atoms with E-state index in [0.29, 0.717) is 5.69 Å². The van der Waals surface area contributed by atoms with Crippen LogP contribution in [-0.2, 0) is 16.6 Å². The van der Waals surface area contributed by atoms with Gasteiger partial charge in [0.1, 0.15) is 5.82 Å². The Labute approximate surface area is 115 Å². The summed E-state index contributed by atoms with van der Waals surface area (Å²) in [6, 6.07) is 5.57. The van der Waals surface area contributed by atoms with Crippen LogP contribution >= 0.6 is 0 Å². The van der Waals surface area contributed by atoms with Gasteiger partial charge in [-0.05, 0) is 31.2 Å². The van der Waals surface area contributed by atoms with Gasteiger partial charge in [-0.25, -0.2) is 17.5 Å². The van der Waals surface area contributed by atoms with E-state index in [2.05, 4.69) is 14.9 Å². The zero-order valence-corrected chi connectivity index (χ0v) is 11.5. The normalized spacial score (nSPS) is 11.5. The monoisotopic (exact) mass is 296 g/mol. The number of sulfonamides is 1. The van der Waals surface area contributed by atoms with Gasteiger partial charge in [-0.1, -0.05) is 0 Å². The van der Waals surface area contributed by atoms with Gasteiger partial charge in [0.15, 0.2) is 0 Å². The number of aromatic nitrogens is 2. The van der Waals surface area contributed by atoms with Crippen molar-refractivity contribution in [2.75, 3.05) is 5.73 Å². The molecule has 0 radical (unpaired) electrons. The van der Waals surface area contributed by atoms with Gasteiger partial charge in [0.05, 0.1) is 17.1 Å². The lowest BCUT2D eigenvalue weighted by Gasteiger charge is -2.10. The molecule has 0 aliphatic carbocycles. The van der Waals surface area contributed by atoms with E-state index in [1.165, 1.54) is 19.2 Å². The van der Waals surface area contributed by atoms with Gasteiger partial charge >= 0.3 is 0 Å². The second-order valence-corrected chi connectivity index (χ2v) is 5.90. The van der Waals surface area contributed by atoms with Gasteiger partial charge in [0.2, 0.25) is 10.0 Å². The zero-order chi connectivity index (χ0) is 14.8. The highest BCUT2D eigenvalue weighted by Gasteiger charge is 2.19. The number of halogens is 1. The Morgan fingerprint density at radius 1 is 1.40 bits per heavy atom. The molecular formula is C12H13FN4O2S. The van der Waals surface area contributed by atoms with Crippen LogP contribution in [0.2, 0.25) is 0 Å². The molecule has 0 spiro atoms. The van der Waals surface area contributed by atoms with E-state index in [-0.39, 0.29) is 22.7 Å². The summed E-state index contributed by atoms with van der Waals surface area (Å²) in [6.45, 7) is 1.34. The van der Waals surface area contributed by atoms with Gasteiger partial charge in [0.25, 0.3) is 0 Å². The standard InChI is InChI=1S/C12H13FN4O2S/c1-8-11(13)5-9(14)6-12(8)20(18,19)16-7-10-3-2-4-15-17-10/h2-6,16H,7,14H2,1H3. The summed E-state index contributed by atoms with van der Waals surface area (Å²) in [6.07, 6.45) is 1.48. The molecule has 3 N–H and O–H groups in total. The van der Waals surface area contributed by atoms with E-state index in [9.17, 15) is 12.8 Å². The highest BCUT2D eigenvalue weighted by Crippen LogP contribution is 2.21. The predicted octanol–water partition coefficient (Wildman–Crippen LogP) is 0.985. The van der Waals surface area contributed by atoms with Crippen molar-refractivity contribution in [2.45, 2.75) is 18.4 Å². The maximum Gasteiger partial charge on any atom is 0.241 e. The molecule has 1 aromatic carbocycles. The van der Waals surface area contributed by atoms with Crippen LogP contribution in [-0.4, -0.2) is 18.6 Å². The molecule has 0 unspecified atom stereocenters. The van der Waals surface area contributed by atoms with Crippen LogP contribution < -0.4 is 10.5 Å². The maximum absolute atomic E-state index is 13.5. The van der Waals surface area contributed by atoms with Crippen LogP contribution in [0.1, 0.15) is 11.3 Å². The minimum Gasteiger partial charge on any atom is -0.399 e. The number of hydrogen-bond acceptors (Lipinski definition) is 5. The minimum absolute atomic E-state index is 0.0193. The van der Waals surface area contributed by atoms with Crippen molar-refractivity contribution in [3.8, 4) is 0 Å². The van der Waals surface area contributed by atoms with Crippen molar-refractivity contribution in [3.63, 3.8) is 0 Å². The fourth-order valence-electron chi connectivity index (χ4n) is 1.63. The van der Waals surface area contributed by atoms with E-state index in [4.69, 9.17) is 5.73 Å². The Bertz CT molecular complexity index is 720. The maximum atomic E-state index is 13.5. The number of nitrogen functional groups attached to an aromatic ring is 1. The first-order valence-electron chi connectivity index (χ1n) is 5.72. The third-order valence-corrected chi connectivity index (χ3v) is 4.21. The van der Waals surface area contributed by atoms with Crippen molar-refractivity contribution in [1.82, 2.24) is 14.9 Å². The Morgan fingerprint density at radius 2 is 2.15 bits per heavy atom. The van der Waals surface area contributed by atoms with E-state index < -0.39 is 15.8 Å². The van der Waals surface area contributed by atoms with Crippen LogP contribution in [0.25, 0.3) is 0 Å². The van der Waals surface area contributed by atoms with Crippen molar-refractivity contribution in [1.29, 1.82) is 0 Å². The number of benzene rings is 1. The number of rotatable bonds is 4. The van der Waals surface area contributed by atoms with Crippen LogP contribution in [0.4, 0.5) is 10.1 Å². The average Bonchev–Trinajstić information content (AvgIpc) is 2.42. The fraction of sp³-hybridized carbons (Fsp3) is 0.167. The highest BCUT2D eigenvalue weighted by molar-refractivity contribution is 7.89. The molecule has 2 rings (SSSR count). The first-order valence-corrected chi connectivity index (χ1v) is 7.20. The van der Waals surface area contributed by atoms with Crippen LogP contribution in [0.3, 0.4) is 0 Å². The molecule has 6 nitrogen and oxygen atoms in total. The Balaban J connectivity index is 2.27. The lowest BCUT2D eigenvalue weighted by Crippen LogP contribution is -2.25. The first-order chi connectivity index (χ1) is 9.40. The lowest BCUT2D eigenvalue weighted by molar-refractivity contribution is 0.573. The Morgan fingerprint density at radius 3 is 2.80 bits per heavy atom. The average molecular weight is 296 g/mol.